The van der Waals surface area contributed by atoms with E-state index in [0.717, 1.165) is 5.75 Å². The van der Waals surface area contributed by atoms with Crippen LogP contribution in [0.2, 0.25) is 0 Å². The van der Waals surface area contributed by atoms with Crippen molar-refractivity contribution in [2.24, 2.45) is 0 Å². The fourth-order valence-corrected chi connectivity index (χ4v) is 1.42. The fourth-order valence-electron chi connectivity index (χ4n) is 1.42. The van der Waals surface area contributed by atoms with Crippen LogP contribution in [0, 0.1) is 0 Å². The number of nitrogens with two attached hydrogens (primary N) is 1. The monoisotopic (exact) mass is 244 g/mol. The maximum atomic E-state index is 5.79. The van der Waals surface area contributed by atoms with Crippen molar-refractivity contribution in [3.63, 3.8) is 0 Å². The SMILES string of the molecule is CC(C)Oc1nc(Oc2ccccc2)ccc1N. The van der Waals surface area contributed by atoms with Crippen LogP contribution in [0.4, 0.5) is 5.69 Å². The molecule has 4 nitrogen and oxygen atoms in total. The predicted octanol–water partition coefficient (Wildman–Crippen LogP) is 3.24. The average Bonchev–Trinajstić information content (AvgIpc) is 2.34. The Bertz CT molecular complexity index is 512. The Labute approximate surface area is 106 Å². The van der Waals surface area contributed by atoms with Crippen LogP contribution in [-0.2, 0) is 0 Å². The van der Waals surface area contributed by atoms with Crippen molar-refractivity contribution in [2.75, 3.05) is 5.73 Å². The van der Waals surface area contributed by atoms with Crippen LogP contribution in [0.5, 0.6) is 17.5 Å². The highest BCUT2D eigenvalue weighted by atomic mass is 16.5. The fraction of sp³-hybridized carbons (Fsp3) is 0.214. The summed E-state index contributed by atoms with van der Waals surface area (Å²) >= 11 is 0. The lowest BCUT2D eigenvalue weighted by molar-refractivity contribution is 0.232. The smallest absolute Gasteiger partial charge is 0.240 e. The summed E-state index contributed by atoms with van der Waals surface area (Å²) in [6.07, 6.45) is 0.0202. The van der Waals surface area contributed by atoms with E-state index in [2.05, 4.69) is 4.98 Å². The molecule has 0 bridgehead atoms. The van der Waals surface area contributed by atoms with E-state index in [1.165, 1.54) is 0 Å². The number of ether oxygens (including phenoxy) is 2. The van der Waals surface area contributed by atoms with Gasteiger partial charge in [-0.1, -0.05) is 18.2 Å². The van der Waals surface area contributed by atoms with Crippen LogP contribution in [0.1, 0.15) is 13.8 Å². The van der Waals surface area contributed by atoms with Crippen molar-refractivity contribution in [3.05, 3.63) is 42.5 Å². The molecule has 0 fully saturated rings. The Morgan fingerprint density at radius 3 is 2.44 bits per heavy atom. The Hall–Kier alpha value is -2.23. The summed E-state index contributed by atoms with van der Waals surface area (Å²) in [6.45, 7) is 3.84. The van der Waals surface area contributed by atoms with Crippen LogP contribution in [0.3, 0.4) is 0 Å². The molecule has 2 aromatic rings. The van der Waals surface area contributed by atoms with E-state index in [4.69, 9.17) is 15.2 Å². The molecule has 2 N–H and O–H groups in total. The second-order valence-electron chi connectivity index (χ2n) is 4.13. The summed E-state index contributed by atoms with van der Waals surface area (Å²) in [4.78, 5) is 4.24. The lowest BCUT2D eigenvalue weighted by Crippen LogP contribution is -2.09. The molecule has 0 spiro atoms. The van der Waals surface area contributed by atoms with E-state index in [9.17, 15) is 0 Å². The molecular formula is C14H16N2O2. The van der Waals surface area contributed by atoms with E-state index in [-0.39, 0.29) is 6.10 Å². The first-order valence-electron chi connectivity index (χ1n) is 5.81. The second kappa shape index (κ2) is 5.40. The predicted molar refractivity (Wildman–Crippen MR) is 70.9 cm³/mol. The maximum absolute atomic E-state index is 5.79. The number of para-hydroxylation sites is 1. The summed E-state index contributed by atoms with van der Waals surface area (Å²) in [5.41, 5.74) is 6.29. The summed E-state index contributed by atoms with van der Waals surface area (Å²) in [5, 5.41) is 0. The van der Waals surface area contributed by atoms with Gasteiger partial charge in [-0.15, -0.1) is 0 Å². The maximum Gasteiger partial charge on any atom is 0.240 e. The molecule has 0 aliphatic heterocycles. The van der Waals surface area contributed by atoms with E-state index in [1.807, 2.05) is 44.2 Å². The van der Waals surface area contributed by atoms with Crippen molar-refractivity contribution >= 4 is 5.69 Å². The molecule has 1 heterocycles. The first-order valence-corrected chi connectivity index (χ1v) is 5.81. The number of anilines is 1. The third kappa shape index (κ3) is 3.13. The molecule has 18 heavy (non-hydrogen) atoms. The van der Waals surface area contributed by atoms with Crippen molar-refractivity contribution in [3.8, 4) is 17.5 Å². The molecule has 2 rings (SSSR count). The highest BCUT2D eigenvalue weighted by molar-refractivity contribution is 5.49. The lowest BCUT2D eigenvalue weighted by Gasteiger charge is -2.12. The van der Waals surface area contributed by atoms with Gasteiger partial charge < -0.3 is 15.2 Å². The minimum atomic E-state index is 0.0202. The number of hydrogen-bond donors (Lipinski definition) is 1. The van der Waals surface area contributed by atoms with Gasteiger partial charge in [0.2, 0.25) is 11.8 Å². The Balaban J connectivity index is 2.19. The van der Waals surface area contributed by atoms with Gasteiger partial charge in [-0.05, 0) is 32.0 Å². The Morgan fingerprint density at radius 1 is 1.06 bits per heavy atom. The largest absolute Gasteiger partial charge is 0.473 e. The highest BCUT2D eigenvalue weighted by Crippen LogP contribution is 2.26. The zero-order valence-electron chi connectivity index (χ0n) is 10.5. The van der Waals surface area contributed by atoms with Crippen molar-refractivity contribution < 1.29 is 9.47 Å². The normalized spacial score (nSPS) is 10.4. The van der Waals surface area contributed by atoms with Crippen LogP contribution in [-0.4, -0.2) is 11.1 Å². The molecule has 0 aliphatic carbocycles. The van der Waals surface area contributed by atoms with E-state index in [0.29, 0.717) is 17.4 Å². The molecule has 0 atom stereocenters. The first kappa shape index (κ1) is 12.2. The topological polar surface area (TPSA) is 57.4 Å². The quantitative estimate of drug-likeness (QED) is 0.897. The second-order valence-corrected chi connectivity index (χ2v) is 4.13. The van der Waals surface area contributed by atoms with Gasteiger partial charge in [0.15, 0.2) is 0 Å². The Morgan fingerprint density at radius 2 is 1.78 bits per heavy atom. The van der Waals surface area contributed by atoms with E-state index < -0.39 is 0 Å². The van der Waals surface area contributed by atoms with Crippen molar-refractivity contribution in [1.29, 1.82) is 0 Å². The molecule has 0 aliphatic rings. The standard InChI is InChI=1S/C14H16N2O2/c1-10(2)17-14-12(15)8-9-13(16-14)18-11-6-4-3-5-7-11/h3-10H,15H2,1-2H3. The third-order valence-electron chi connectivity index (χ3n) is 2.18. The minimum Gasteiger partial charge on any atom is -0.473 e. The average molecular weight is 244 g/mol. The summed E-state index contributed by atoms with van der Waals surface area (Å²) in [6, 6.07) is 12.9. The summed E-state index contributed by atoms with van der Waals surface area (Å²) < 4.78 is 11.1. The molecule has 1 aromatic carbocycles. The summed E-state index contributed by atoms with van der Waals surface area (Å²) in [7, 11) is 0. The third-order valence-corrected chi connectivity index (χ3v) is 2.18. The molecular weight excluding hydrogens is 228 g/mol. The minimum absolute atomic E-state index is 0.0202. The summed E-state index contributed by atoms with van der Waals surface area (Å²) in [5.74, 6) is 1.59. The molecule has 0 saturated carbocycles. The van der Waals surface area contributed by atoms with Crippen LogP contribution >= 0.6 is 0 Å². The number of nitrogen functional groups attached to an aromatic ring is 1. The van der Waals surface area contributed by atoms with Gasteiger partial charge in [0.05, 0.1) is 11.8 Å². The van der Waals surface area contributed by atoms with Crippen molar-refractivity contribution in [2.45, 2.75) is 20.0 Å². The Kier molecular flexibility index (Phi) is 3.67. The lowest BCUT2D eigenvalue weighted by atomic mass is 10.3. The van der Waals surface area contributed by atoms with E-state index in [1.54, 1.807) is 12.1 Å². The molecule has 0 amide bonds. The molecule has 94 valence electrons. The number of rotatable bonds is 4. The number of aromatic nitrogens is 1. The number of benzene rings is 1. The van der Waals surface area contributed by atoms with Gasteiger partial charge in [0, 0.05) is 6.07 Å². The molecule has 1 aromatic heterocycles. The zero-order chi connectivity index (χ0) is 13.0. The van der Waals surface area contributed by atoms with Gasteiger partial charge >= 0.3 is 0 Å². The van der Waals surface area contributed by atoms with Crippen LogP contribution in [0.15, 0.2) is 42.5 Å². The van der Waals surface area contributed by atoms with Gasteiger partial charge in [-0.3, -0.25) is 0 Å². The number of hydrogen-bond acceptors (Lipinski definition) is 4. The molecule has 0 radical (unpaired) electrons. The van der Waals surface area contributed by atoms with E-state index >= 15 is 0 Å². The van der Waals surface area contributed by atoms with Crippen molar-refractivity contribution in [1.82, 2.24) is 4.98 Å². The van der Waals surface area contributed by atoms with Gasteiger partial charge in [0.1, 0.15) is 5.75 Å². The van der Waals surface area contributed by atoms with Gasteiger partial charge in [-0.2, -0.15) is 4.98 Å². The van der Waals surface area contributed by atoms with Crippen LogP contribution < -0.4 is 15.2 Å². The molecule has 0 saturated heterocycles. The molecule has 0 unspecified atom stereocenters. The first-order chi connectivity index (χ1) is 8.65. The highest BCUT2D eigenvalue weighted by Gasteiger charge is 2.07. The van der Waals surface area contributed by atoms with Gasteiger partial charge in [-0.25, -0.2) is 0 Å². The number of pyridine rings is 1. The van der Waals surface area contributed by atoms with Crippen LogP contribution in [0.25, 0.3) is 0 Å². The van der Waals surface area contributed by atoms with Gasteiger partial charge in [0.25, 0.3) is 0 Å². The molecule has 4 heteroatoms. The zero-order valence-corrected chi connectivity index (χ0v) is 10.5. The number of nitrogens with zero attached hydrogens (tertiary/aromatic N) is 1.